The Morgan fingerprint density at radius 3 is 2.70 bits per heavy atom. The van der Waals surface area contributed by atoms with Gasteiger partial charge in [0.15, 0.2) is 6.10 Å². The minimum absolute atomic E-state index is 0.101. The number of amides is 1. The molecular formula is C16H24N2O2. The number of hydrogen-bond donors (Lipinski definition) is 1. The number of likely N-dealkylation sites (tertiary alicyclic amines) is 1. The number of carbonyl (C=O) groups is 1. The first-order valence-electron chi connectivity index (χ1n) is 7.40. The third-order valence-corrected chi connectivity index (χ3v) is 3.66. The number of carbonyl (C=O) groups excluding carboxylic acids is 1. The Bertz CT molecular complexity index is 442. The van der Waals surface area contributed by atoms with Crippen LogP contribution >= 0.6 is 0 Å². The molecule has 1 aliphatic rings. The van der Waals surface area contributed by atoms with Crippen LogP contribution in [-0.4, -0.2) is 37.0 Å². The molecule has 0 aromatic heterocycles. The number of piperidine rings is 1. The molecule has 0 aliphatic carbocycles. The average Bonchev–Trinajstić information content (AvgIpc) is 2.49. The first kappa shape index (κ1) is 14.9. The standard InChI is InChI=1S/C16H24N2O2/c1-13(16(19)18-10-6-3-7-11-18)20-15-9-5-4-8-14(15)12-17-2/h4-5,8-9,13,17H,3,6-7,10-12H2,1-2H3. The van der Waals surface area contributed by atoms with Crippen molar-refractivity contribution in [2.45, 2.75) is 38.8 Å². The highest BCUT2D eigenvalue weighted by atomic mass is 16.5. The van der Waals surface area contributed by atoms with Crippen molar-refractivity contribution >= 4 is 5.91 Å². The van der Waals surface area contributed by atoms with Crippen LogP contribution in [0.3, 0.4) is 0 Å². The Balaban J connectivity index is 1.99. The normalized spacial score (nSPS) is 16.8. The van der Waals surface area contributed by atoms with Crippen molar-refractivity contribution in [2.75, 3.05) is 20.1 Å². The van der Waals surface area contributed by atoms with Crippen LogP contribution in [-0.2, 0) is 11.3 Å². The molecule has 110 valence electrons. The Morgan fingerprint density at radius 2 is 2.00 bits per heavy atom. The molecule has 0 bridgehead atoms. The number of hydrogen-bond acceptors (Lipinski definition) is 3. The number of nitrogens with one attached hydrogen (secondary N) is 1. The molecule has 1 atom stereocenters. The molecular weight excluding hydrogens is 252 g/mol. The number of rotatable bonds is 5. The molecule has 20 heavy (non-hydrogen) atoms. The van der Waals surface area contributed by atoms with Gasteiger partial charge < -0.3 is 15.0 Å². The molecule has 1 fully saturated rings. The van der Waals surface area contributed by atoms with Gasteiger partial charge in [-0.15, -0.1) is 0 Å². The zero-order chi connectivity index (χ0) is 14.4. The second-order valence-electron chi connectivity index (χ2n) is 5.28. The van der Waals surface area contributed by atoms with Crippen molar-refractivity contribution in [1.82, 2.24) is 10.2 Å². The molecule has 2 rings (SSSR count). The topological polar surface area (TPSA) is 41.6 Å². The minimum Gasteiger partial charge on any atom is -0.481 e. The summed E-state index contributed by atoms with van der Waals surface area (Å²) in [6.07, 6.45) is 3.01. The van der Waals surface area contributed by atoms with E-state index in [1.165, 1.54) is 6.42 Å². The van der Waals surface area contributed by atoms with Crippen molar-refractivity contribution in [3.05, 3.63) is 29.8 Å². The SMILES string of the molecule is CNCc1ccccc1OC(C)C(=O)N1CCCCC1. The average molecular weight is 276 g/mol. The Hall–Kier alpha value is -1.55. The van der Waals surface area contributed by atoms with Crippen molar-refractivity contribution in [3.8, 4) is 5.75 Å². The quantitative estimate of drug-likeness (QED) is 0.896. The number of para-hydroxylation sites is 1. The van der Waals surface area contributed by atoms with Gasteiger partial charge in [-0.3, -0.25) is 4.79 Å². The predicted octanol–water partition coefficient (Wildman–Crippen LogP) is 2.19. The second kappa shape index (κ2) is 7.29. The molecule has 1 N–H and O–H groups in total. The fraction of sp³-hybridized carbons (Fsp3) is 0.562. The van der Waals surface area contributed by atoms with Crippen molar-refractivity contribution in [3.63, 3.8) is 0 Å². The van der Waals surface area contributed by atoms with Crippen molar-refractivity contribution in [1.29, 1.82) is 0 Å². The monoisotopic (exact) mass is 276 g/mol. The summed E-state index contributed by atoms with van der Waals surface area (Å²) in [6.45, 7) is 4.31. The van der Waals surface area contributed by atoms with E-state index >= 15 is 0 Å². The molecule has 1 saturated heterocycles. The fourth-order valence-electron chi connectivity index (χ4n) is 2.57. The van der Waals surface area contributed by atoms with E-state index < -0.39 is 6.10 Å². The summed E-state index contributed by atoms with van der Waals surface area (Å²) in [7, 11) is 1.90. The largest absolute Gasteiger partial charge is 0.481 e. The van der Waals surface area contributed by atoms with Gasteiger partial charge in [-0.05, 0) is 39.3 Å². The van der Waals surface area contributed by atoms with Crippen LogP contribution in [0.2, 0.25) is 0 Å². The summed E-state index contributed by atoms with van der Waals surface area (Å²) in [5.41, 5.74) is 1.08. The second-order valence-corrected chi connectivity index (χ2v) is 5.28. The van der Waals surface area contributed by atoms with Crippen LogP contribution in [0.25, 0.3) is 0 Å². The smallest absolute Gasteiger partial charge is 0.263 e. The van der Waals surface area contributed by atoms with Crippen LogP contribution in [0.4, 0.5) is 0 Å². The van der Waals surface area contributed by atoms with Crippen molar-refractivity contribution in [2.24, 2.45) is 0 Å². The van der Waals surface area contributed by atoms with Gasteiger partial charge in [0.1, 0.15) is 5.75 Å². The van der Waals surface area contributed by atoms with E-state index in [9.17, 15) is 4.79 Å². The molecule has 4 nitrogen and oxygen atoms in total. The zero-order valence-corrected chi connectivity index (χ0v) is 12.4. The molecule has 1 heterocycles. The molecule has 1 aromatic carbocycles. The summed E-state index contributed by atoms with van der Waals surface area (Å²) in [5.74, 6) is 0.892. The van der Waals surface area contributed by atoms with Gasteiger partial charge in [-0.25, -0.2) is 0 Å². The molecule has 1 aliphatic heterocycles. The summed E-state index contributed by atoms with van der Waals surface area (Å²) in [6, 6.07) is 7.86. The van der Waals surface area contributed by atoms with Crippen LogP contribution in [0.5, 0.6) is 5.75 Å². The Labute approximate surface area is 121 Å². The van der Waals surface area contributed by atoms with Crippen molar-refractivity contribution < 1.29 is 9.53 Å². The fourth-order valence-corrected chi connectivity index (χ4v) is 2.57. The third-order valence-electron chi connectivity index (χ3n) is 3.66. The zero-order valence-electron chi connectivity index (χ0n) is 12.4. The lowest BCUT2D eigenvalue weighted by Crippen LogP contribution is -2.43. The lowest BCUT2D eigenvalue weighted by atomic mass is 10.1. The molecule has 1 unspecified atom stereocenters. The van der Waals surface area contributed by atoms with Crippen LogP contribution in [0.15, 0.2) is 24.3 Å². The minimum atomic E-state index is -0.425. The summed E-state index contributed by atoms with van der Waals surface area (Å²) in [5, 5.41) is 3.11. The van der Waals surface area contributed by atoms with Crippen LogP contribution in [0, 0.1) is 0 Å². The van der Waals surface area contributed by atoms with E-state index in [1.807, 2.05) is 43.1 Å². The van der Waals surface area contributed by atoms with Gasteiger partial charge >= 0.3 is 0 Å². The Kier molecular flexibility index (Phi) is 5.41. The lowest BCUT2D eigenvalue weighted by Gasteiger charge is -2.29. The van der Waals surface area contributed by atoms with Crippen LogP contribution in [0.1, 0.15) is 31.7 Å². The maximum Gasteiger partial charge on any atom is 0.263 e. The Morgan fingerprint density at radius 1 is 1.30 bits per heavy atom. The van der Waals surface area contributed by atoms with Gasteiger partial charge in [-0.2, -0.15) is 0 Å². The molecule has 0 saturated carbocycles. The van der Waals surface area contributed by atoms with Gasteiger partial charge in [0.25, 0.3) is 5.91 Å². The number of benzene rings is 1. The molecule has 4 heteroatoms. The lowest BCUT2D eigenvalue weighted by molar-refractivity contribution is -0.138. The highest BCUT2D eigenvalue weighted by Crippen LogP contribution is 2.20. The highest BCUT2D eigenvalue weighted by Gasteiger charge is 2.23. The number of nitrogens with zero attached hydrogens (tertiary/aromatic N) is 1. The van der Waals surface area contributed by atoms with E-state index in [-0.39, 0.29) is 5.91 Å². The van der Waals surface area contributed by atoms with Gasteiger partial charge in [0.2, 0.25) is 0 Å². The summed E-state index contributed by atoms with van der Waals surface area (Å²) in [4.78, 5) is 14.3. The van der Waals surface area contributed by atoms with E-state index in [4.69, 9.17) is 4.74 Å². The maximum atomic E-state index is 12.4. The number of ether oxygens (including phenoxy) is 1. The molecule has 0 radical (unpaired) electrons. The van der Waals surface area contributed by atoms with E-state index in [2.05, 4.69) is 5.32 Å². The maximum absolute atomic E-state index is 12.4. The van der Waals surface area contributed by atoms with E-state index in [0.717, 1.165) is 43.8 Å². The van der Waals surface area contributed by atoms with Gasteiger partial charge in [0, 0.05) is 25.2 Å². The van der Waals surface area contributed by atoms with E-state index in [0.29, 0.717) is 0 Å². The first-order valence-corrected chi connectivity index (χ1v) is 7.40. The summed E-state index contributed by atoms with van der Waals surface area (Å²) >= 11 is 0. The molecule has 1 aromatic rings. The van der Waals surface area contributed by atoms with Gasteiger partial charge in [-0.1, -0.05) is 18.2 Å². The summed E-state index contributed by atoms with van der Waals surface area (Å²) < 4.78 is 5.88. The predicted molar refractivity (Wildman–Crippen MR) is 79.7 cm³/mol. The highest BCUT2D eigenvalue weighted by molar-refractivity contribution is 5.81. The van der Waals surface area contributed by atoms with Crippen LogP contribution < -0.4 is 10.1 Å². The molecule has 1 amide bonds. The third kappa shape index (κ3) is 3.73. The molecule has 0 spiro atoms. The van der Waals surface area contributed by atoms with Gasteiger partial charge in [0.05, 0.1) is 0 Å². The van der Waals surface area contributed by atoms with E-state index in [1.54, 1.807) is 0 Å². The first-order chi connectivity index (χ1) is 9.72.